The van der Waals surface area contributed by atoms with E-state index in [4.69, 9.17) is 9.47 Å². The van der Waals surface area contributed by atoms with Gasteiger partial charge in [0, 0.05) is 32.7 Å². The van der Waals surface area contributed by atoms with Crippen molar-refractivity contribution in [3.8, 4) is 0 Å². The number of hydrogen-bond donors (Lipinski definition) is 1. The predicted molar refractivity (Wildman–Crippen MR) is 97.2 cm³/mol. The van der Waals surface area contributed by atoms with Crippen LogP contribution in [0.25, 0.3) is 0 Å². The molecule has 4 nitrogen and oxygen atoms in total. The van der Waals surface area contributed by atoms with Crippen LogP contribution in [0.2, 0.25) is 0 Å². The minimum atomic E-state index is 0.368. The summed E-state index contributed by atoms with van der Waals surface area (Å²) in [7, 11) is 0. The van der Waals surface area contributed by atoms with E-state index in [0.29, 0.717) is 12.2 Å². The molecule has 0 unspecified atom stereocenters. The summed E-state index contributed by atoms with van der Waals surface area (Å²) in [5.74, 6) is 0. The topological polar surface area (TPSA) is 33.7 Å². The Hall–Kier alpha value is -1.20. The second kappa shape index (κ2) is 9.33. The molecule has 0 aliphatic carbocycles. The summed E-state index contributed by atoms with van der Waals surface area (Å²) in [4.78, 5) is 2.47. The van der Waals surface area contributed by atoms with Gasteiger partial charge in [0.05, 0.1) is 25.4 Å². The smallest absolute Gasteiger partial charge is 0.0706 e. The fourth-order valence-corrected chi connectivity index (χ4v) is 3.58. The number of ether oxygens (including phenoxy) is 2. The molecule has 0 radical (unpaired) electrons. The molecule has 2 aliphatic rings. The number of rotatable bonds is 8. The Balaban J connectivity index is 1.44. The van der Waals surface area contributed by atoms with E-state index < -0.39 is 0 Å². The molecule has 0 aromatic heterocycles. The Kier molecular flexibility index (Phi) is 6.85. The highest BCUT2D eigenvalue weighted by Gasteiger charge is 2.27. The van der Waals surface area contributed by atoms with Crippen LogP contribution < -0.4 is 5.32 Å². The van der Waals surface area contributed by atoms with Crippen LogP contribution in [-0.4, -0.2) is 56.5 Å². The maximum Gasteiger partial charge on any atom is 0.0706 e. The average Bonchev–Trinajstić information content (AvgIpc) is 3.03. The molecule has 1 aromatic rings. The highest BCUT2D eigenvalue weighted by molar-refractivity contribution is 5.24. The second-order valence-electron chi connectivity index (χ2n) is 6.81. The summed E-state index contributed by atoms with van der Waals surface area (Å²) >= 11 is 0. The van der Waals surface area contributed by atoms with Crippen molar-refractivity contribution in [2.24, 2.45) is 0 Å². The zero-order valence-electron chi connectivity index (χ0n) is 14.6. The molecule has 0 amide bonds. The van der Waals surface area contributed by atoms with Gasteiger partial charge in [0.2, 0.25) is 0 Å². The molecule has 24 heavy (non-hydrogen) atoms. The molecule has 4 heteroatoms. The monoisotopic (exact) mass is 330 g/mol. The molecule has 1 aromatic carbocycles. The van der Waals surface area contributed by atoms with Crippen molar-refractivity contribution in [2.45, 2.75) is 38.0 Å². The van der Waals surface area contributed by atoms with E-state index >= 15 is 0 Å². The van der Waals surface area contributed by atoms with Gasteiger partial charge in [0.1, 0.15) is 0 Å². The number of hydrogen-bond acceptors (Lipinski definition) is 4. The first kappa shape index (κ1) is 17.6. The van der Waals surface area contributed by atoms with Gasteiger partial charge in [0.25, 0.3) is 0 Å². The van der Waals surface area contributed by atoms with Gasteiger partial charge in [-0.05, 0) is 30.4 Å². The average molecular weight is 330 g/mol. The summed E-state index contributed by atoms with van der Waals surface area (Å²) < 4.78 is 11.7. The van der Waals surface area contributed by atoms with Crippen molar-refractivity contribution >= 4 is 0 Å². The molecule has 2 atom stereocenters. The molecule has 0 bridgehead atoms. The van der Waals surface area contributed by atoms with E-state index in [2.05, 4.69) is 41.1 Å². The molecule has 0 saturated carbocycles. The summed E-state index contributed by atoms with van der Waals surface area (Å²) in [5, 5.41) is 3.36. The predicted octanol–water partition coefficient (Wildman–Crippen LogP) is 2.38. The summed E-state index contributed by atoms with van der Waals surface area (Å²) in [5.41, 5.74) is 2.71. The van der Waals surface area contributed by atoms with Crippen molar-refractivity contribution in [2.75, 3.05) is 39.4 Å². The molecule has 2 aliphatic heterocycles. The van der Waals surface area contributed by atoms with Crippen molar-refractivity contribution in [1.82, 2.24) is 10.2 Å². The molecule has 1 N–H and O–H groups in total. The fraction of sp³-hybridized carbons (Fsp3) is 0.600. The lowest BCUT2D eigenvalue weighted by Gasteiger charge is -2.28. The first-order valence-corrected chi connectivity index (χ1v) is 9.18. The van der Waals surface area contributed by atoms with Crippen LogP contribution in [0.1, 0.15) is 24.0 Å². The van der Waals surface area contributed by atoms with E-state index in [9.17, 15) is 0 Å². The van der Waals surface area contributed by atoms with Gasteiger partial charge in [0.15, 0.2) is 0 Å². The van der Waals surface area contributed by atoms with Gasteiger partial charge in [-0.3, -0.25) is 4.90 Å². The van der Waals surface area contributed by atoms with Gasteiger partial charge in [-0.25, -0.2) is 0 Å². The van der Waals surface area contributed by atoms with E-state index in [1.165, 1.54) is 24.0 Å². The molecule has 3 rings (SSSR count). The van der Waals surface area contributed by atoms with Crippen LogP contribution in [0.15, 0.2) is 36.9 Å². The van der Waals surface area contributed by atoms with Gasteiger partial charge >= 0.3 is 0 Å². The molecule has 2 fully saturated rings. The third kappa shape index (κ3) is 5.42. The molecule has 2 heterocycles. The quantitative estimate of drug-likeness (QED) is 0.586. The number of nitrogens with one attached hydrogen (secondary N) is 1. The Morgan fingerprint density at radius 2 is 1.96 bits per heavy atom. The fourth-order valence-electron chi connectivity index (χ4n) is 3.58. The Labute approximate surface area is 145 Å². The highest BCUT2D eigenvalue weighted by atomic mass is 16.5. The van der Waals surface area contributed by atoms with E-state index in [1.807, 2.05) is 6.08 Å². The van der Waals surface area contributed by atoms with Crippen molar-refractivity contribution in [1.29, 1.82) is 0 Å². The number of morpholine rings is 1. The lowest BCUT2D eigenvalue weighted by atomic mass is 10.0. The zero-order valence-corrected chi connectivity index (χ0v) is 14.6. The lowest BCUT2D eigenvalue weighted by molar-refractivity contribution is -0.0108. The number of benzene rings is 1. The lowest BCUT2D eigenvalue weighted by Crippen LogP contribution is -2.41. The van der Waals surface area contributed by atoms with Crippen molar-refractivity contribution in [3.05, 3.63) is 48.0 Å². The Bertz CT molecular complexity index is 514. The van der Waals surface area contributed by atoms with Crippen LogP contribution in [0, 0.1) is 0 Å². The first-order valence-electron chi connectivity index (χ1n) is 9.18. The van der Waals surface area contributed by atoms with Crippen LogP contribution >= 0.6 is 0 Å². The third-order valence-electron chi connectivity index (χ3n) is 4.83. The standard InChI is InChI=1S/C20H30N2O2/c1-2-8-21-15-18-5-3-4-17(13-18)14-19-6-7-20(24-19)16-22-9-11-23-12-10-22/h2-5,13,19-21H,1,6-12,14-16H2/t19-,20+/m0/s1. The number of nitrogens with zero attached hydrogens (tertiary/aromatic N) is 1. The van der Waals surface area contributed by atoms with Crippen LogP contribution in [-0.2, 0) is 22.4 Å². The maximum atomic E-state index is 6.30. The van der Waals surface area contributed by atoms with Gasteiger partial charge in [-0.2, -0.15) is 0 Å². The van der Waals surface area contributed by atoms with E-state index in [1.54, 1.807) is 0 Å². The van der Waals surface area contributed by atoms with E-state index in [0.717, 1.165) is 52.4 Å². The first-order chi connectivity index (χ1) is 11.8. The van der Waals surface area contributed by atoms with E-state index in [-0.39, 0.29) is 0 Å². The van der Waals surface area contributed by atoms with Crippen molar-refractivity contribution < 1.29 is 9.47 Å². The Morgan fingerprint density at radius 1 is 1.17 bits per heavy atom. The summed E-state index contributed by atoms with van der Waals surface area (Å²) in [6, 6.07) is 8.85. The Morgan fingerprint density at radius 3 is 2.79 bits per heavy atom. The third-order valence-corrected chi connectivity index (χ3v) is 4.83. The minimum absolute atomic E-state index is 0.368. The highest BCUT2D eigenvalue weighted by Crippen LogP contribution is 2.24. The molecular weight excluding hydrogens is 300 g/mol. The summed E-state index contributed by atoms with van der Waals surface area (Å²) in [6.07, 6.45) is 6.04. The largest absolute Gasteiger partial charge is 0.379 e. The van der Waals surface area contributed by atoms with Gasteiger partial charge < -0.3 is 14.8 Å². The van der Waals surface area contributed by atoms with Crippen LogP contribution in [0.3, 0.4) is 0 Å². The minimum Gasteiger partial charge on any atom is -0.379 e. The van der Waals surface area contributed by atoms with Crippen LogP contribution in [0.4, 0.5) is 0 Å². The SMILES string of the molecule is C=CCNCc1cccc(C[C@@H]2CC[C@H](CN3CCOCC3)O2)c1. The molecule has 2 saturated heterocycles. The second-order valence-corrected chi connectivity index (χ2v) is 6.81. The summed E-state index contributed by atoms with van der Waals surface area (Å²) in [6.45, 7) is 10.4. The van der Waals surface area contributed by atoms with Crippen LogP contribution in [0.5, 0.6) is 0 Å². The zero-order chi connectivity index (χ0) is 16.6. The molecular formula is C20H30N2O2. The maximum absolute atomic E-state index is 6.30. The van der Waals surface area contributed by atoms with Crippen molar-refractivity contribution in [3.63, 3.8) is 0 Å². The van der Waals surface area contributed by atoms with Gasteiger partial charge in [-0.15, -0.1) is 6.58 Å². The molecule has 132 valence electrons. The molecule has 0 spiro atoms. The van der Waals surface area contributed by atoms with Gasteiger partial charge in [-0.1, -0.05) is 30.3 Å². The normalized spacial score (nSPS) is 25.0.